The Morgan fingerprint density at radius 2 is 1.38 bits per heavy atom. The minimum absolute atomic E-state index is 0.0361. The molecule has 11 atom stereocenters. The van der Waals surface area contributed by atoms with Crippen LogP contribution in [0.4, 0.5) is 8.78 Å². The summed E-state index contributed by atoms with van der Waals surface area (Å²) in [7, 11) is 1.57. The minimum Gasteiger partial charge on any atom is -0.370 e. The number of hydrogen-bond acceptors (Lipinski definition) is 14. The lowest BCUT2D eigenvalue weighted by atomic mass is 9.69. The van der Waals surface area contributed by atoms with Crippen LogP contribution >= 0.6 is 23.5 Å². The van der Waals surface area contributed by atoms with Gasteiger partial charge in [0, 0.05) is 114 Å². The second-order valence-electron chi connectivity index (χ2n) is 27.4. The number of carbonyl (C=O) groups excluding carboxylic acids is 10. The molecule has 2 fully saturated rings. The summed E-state index contributed by atoms with van der Waals surface area (Å²) in [6.07, 6.45) is 10.2. The van der Waals surface area contributed by atoms with E-state index in [1.54, 1.807) is 26.4 Å². The topological polar surface area (TPSA) is 368 Å². The summed E-state index contributed by atoms with van der Waals surface area (Å²) in [4.78, 5) is 148. The van der Waals surface area contributed by atoms with Gasteiger partial charge in [0.25, 0.3) is 0 Å². The summed E-state index contributed by atoms with van der Waals surface area (Å²) in [5.74, 6) is -5.59. The predicted octanol–water partition coefficient (Wildman–Crippen LogP) is 5.35. The van der Waals surface area contributed by atoms with Crippen molar-refractivity contribution in [3.05, 3.63) is 130 Å². The Balaban J connectivity index is 0.792. The molecule has 5 heterocycles. The number of aromatic nitrogens is 2. The Bertz CT molecular complexity index is 3990. The number of nitrogens with two attached hydrogens (primary N) is 3. The quantitative estimate of drug-likeness (QED) is 0.0183. The van der Waals surface area contributed by atoms with Crippen LogP contribution in [0.5, 0.6) is 0 Å². The van der Waals surface area contributed by atoms with Crippen LogP contribution in [0, 0.1) is 23.0 Å². The molecule has 10 amide bonds. The molecular formula is C72H93F2N13O11S2. The van der Waals surface area contributed by atoms with Crippen LogP contribution in [0.3, 0.4) is 0 Å². The number of aromatic amines is 2. The van der Waals surface area contributed by atoms with Crippen molar-refractivity contribution in [2.75, 3.05) is 31.7 Å². The smallest absolute Gasteiger partial charge is 0.250 e. The van der Waals surface area contributed by atoms with Crippen LogP contribution in [-0.2, 0) is 77.0 Å². The fourth-order valence-corrected chi connectivity index (χ4v) is 15.7. The number of ether oxygens (including phenoxy) is 1. The van der Waals surface area contributed by atoms with Gasteiger partial charge >= 0.3 is 0 Å². The molecule has 28 heteroatoms. The number of nitrogens with zero attached hydrogens (tertiary/aromatic N) is 2. The second kappa shape index (κ2) is 32.8. The lowest BCUT2D eigenvalue weighted by molar-refractivity contribution is -0.149. The van der Waals surface area contributed by atoms with E-state index in [0.717, 1.165) is 23.1 Å². The Morgan fingerprint density at radius 1 is 0.750 bits per heavy atom. The number of piperidine rings is 1. The number of allylic oxidation sites excluding steroid dienone is 1. The summed E-state index contributed by atoms with van der Waals surface area (Å²) in [5, 5.41) is 17.8. The highest BCUT2D eigenvalue weighted by atomic mass is 32.2. The number of nitrogens with one attached hydrogen (secondary N) is 8. The number of halogens is 2. The van der Waals surface area contributed by atoms with Gasteiger partial charge in [0.15, 0.2) is 0 Å². The van der Waals surface area contributed by atoms with Crippen LogP contribution in [0.25, 0.3) is 21.8 Å². The van der Waals surface area contributed by atoms with Crippen LogP contribution in [0.1, 0.15) is 128 Å². The van der Waals surface area contributed by atoms with Gasteiger partial charge in [-0.05, 0) is 136 Å². The molecule has 0 bridgehead atoms. The van der Waals surface area contributed by atoms with E-state index >= 15 is 0 Å². The van der Waals surface area contributed by atoms with Crippen molar-refractivity contribution in [2.24, 2.45) is 28.5 Å². The molecule has 14 N–H and O–H groups in total. The number of thioether (sulfide) groups is 2. The SMILES string of the molecule is CC[C@H](C)CC(=O)N[C@H]1CC2(C)C=CC(C)(OC)C3=C2N(C1=O)[C@](C)(C(=O)N[C@@H](CSCc1cccc(CSCCC(=O)N[C@@H](CCCCN)C(=O)N[C@H](C)C(=O)N[C@@H](Cc2c[nH]c4ccc(F)cc24)C(=O)N[C@@H](Cc2c[nH]c4ccc(F)cc24)C(=O)N2CCC[C@H]2C(N)=O)c1)C(N)=O)C3. The average Bonchev–Trinajstić information content (AvgIpc) is 1.52. The maximum Gasteiger partial charge on any atom is 0.250 e. The highest BCUT2D eigenvalue weighted by Gasteiger charge is 2.62. The summed E-state index contributed by atoms with van der Waals surface area (Å²) < 4.78 is 35.3. The lowest BCUT2D eigenvalue weighted by Gasteiger charge is -2.49. The first kappa shape index (κ1) is 75.6. The van der Waals surface area contributed by atoms with Gasteiger partial charge < -0.3 is 68.7 Å². The maximum absolute atomic E-state index is 14.8. The van der Waals surface area contributed by atoms with Crippen molar-refractivity contribution >= 4 is 104 Å². The Morgan fingerprint density at radius 3 is 2.00 bits per heavy atom. The van der Waals surface area contributed by atoms with Crippen LogP contribution in [0.15, 0.2) is 96.5 Å². The largest absolute Gasteiger partial charge is 0.370 e. The van der Waals surface area contributed by atoms with Crippen molar-refractivity contribution in [1.82, 2.24) is 51.7 Å². The number of fused-ring (bicyclic) bond motifs is 2. The summed E-state index contributed by atoms with van der Waals surface area (Å²) in [5.41, 5.74) is 19.7. The minimum atomic E-state index is -1.50. The number of benzene rings is 3. The zero-order valence-corrected chi connectivity index (χ0v) is 59.3. The van der Waals surface area contributed by atoms with Gasteiger partial charge in [-0.2, -0.15) is 23.5 Å². The lowest BCUT2D eigenvalue weighted by Crippen LogP contribution is -2.65. The number of amides is 10. The monoisotopic (exact) mass is 1420 g/mol. The molecule has 2 aromatic heterocycles. The van der Waals surface area contributed by atoms with Gasteiger partial charge in [-0.25, -0.2) is 8.78 Å². The molecule has 3 aliphatic heterocycles. The van der Waals surface area contributed by atoms with Crippen molar-refractivity contribution in [1.29, 1.82) is 0 Å². The Kier molecular flexibility index (Phi) is 24.8. The predicted molar refractivity (Wildman–Crippen MR) is 379 cm³/mol. The molecule has 5 aromatic rings. The van der Waals surface area contributed by atoms with E-state index in [-0.39, 0.29) is 62.6 Å². The first-order valence-electron chi connectivity index (χ1n) is 34.1. The van der Waals surface area contributed by atoms with E-state index in [2.05, 4.69) is 41.9 Å². The second-order valence-corrected chi connectivity index (χ2v) is 29.5. The van der Waals surface area contributed by atoms with E-state index < -0.39 is 124 Å². The molecule has 538 valence electrons. The molecule has 0 spiro atoms. The van der Waals surface area contributed by atoms with Gasteiger partial charge in [0.2, 0.25) is 59.1 Å². The van der Waals surface area contributed by atoms with E-state index in [9.17, 15) is 56.7 Å². The summed E-state index contributed by atoms with van der Waals surface area (Å²) in [6.45, 7) is 11.4. The van der Waals surface area contributed by atoms with Gasteiger partial charge in [0.05, 0.1) is 0 Å². The van der Waals surface area contributed by atoms with E-state index in [1.807, 2.05) is 64.1 Å². The zero-order valence-electron chi connectivity index (χ0n) is 57.6. The van der Waals surface area contributed by atoms with Crippen molar-refractivity contribution in [3.63, 3.8) is 0 Å². The Hall–Kier alpha value is -8.60. The average molecular weight is 1420 g/mol. The number of primary amides is 2. The molecule has 24 nitrogen and oxygen atoms in total. The maximum atomic E-state index is 14.8. The van der Waals surface area contributed by atoms with E-state index in [0.29, 0.717) is 94.5 Å². The molecule has 0 saturated carbocycles. The Labute approximate surface area is 588 Å². The molecule has 4 aliphatic rings. The molecule has 100 heavy (non-hydrogen) atoms. The van der Waals surface area contributed by atoms with Crippen molar-refractivity contribution in [2.45, 2.75) is 184 Å². The first-order valence-corrected chi connectivity index (χ1v) is 36.4. The van der Waals surface area contributed by atoms with Crippen LogP contribution < -0.4 is 49.1 Å². The number of rotatable bonds is 34. The molecule has 9 rings (SSSR count). The fourth-order valence-electron chi connectivity index (χ4n) is 13.8. The zero-order chi connectivity index (χ0) is 72.4. The number of unbranched alkanes of at least 4 members (excludes halogenated alkanes) is 1. The molecule has 2 unspecified atom stereocenters. The van der Waals surface area contributed by atoms with Crippen LogP contribution in [0.2, 0.25) is 0 Å². The molecule has 3 aromatic carbocycles. The van der Waals surface area contributed by atoms with E-state index in [4.69, 9.17) is 21.9 Å². The third kappa shape index (κ3) is 17.6. The normalized spacial score (nSPS) is 22.0. The summed E-state index contributed by atoms with van der Waals surface area (Å²) in [6, 6.07) is 7.81. The van der Waals surface area contributed by atoms with Crippen molar-refractivity contribution in [3.8, 4) is 0 Å². The van der Waals surface area contributed by atoms with Gasteiger partial charge in [-0.3, -0.25) is 52.8 Å². The standard InChI is InChI=1S/C72H93F2N13O11S2/c1-8-40(2)27-60(89)82-56-34-70(4)22-23-72(6,98-7)50-33-71(5,87(61(50)70)68(56)96)69(97)85-57(62(76)90)39-100-38-43-14-11-13-42(28-43)37-99-26-21-59(88)81-53(15-9-10-24-75)65(93)80-41(3)64(92)83-54(29-44-35-78-51-19-17-46(73)31-48(44)51)66(94)84-55(67(95)86-25-12-16-58(86)63(77)91)30-45-36-79-52-20-18-47(74)32-49(45)52/h11,13-14,17-20,22-23,28,31-32,35-36,40-41,53-58,78-79H,8-10,12,15-16,21,24-27,29-30,33-34,37-39,75H2,1-7H3,(H2,76,90)(H2,77,91)(H,80,93)(H,81,88)(H,82,89)(H,83,92)(H,84,94)(H,85,97)/t40-,41+,53-,54-,55-,56-,57-,58-,70?,71-,72?/m0/s1. The molecule has 1 aliphatic carbocycles. The molecule has 2 saturated heterocycles. The van der Waals surface area contributed by atoms with Crippen molar-refractivity contribution < 1.29 is 61.5 Å². The number of likely N-dealkylation sites (tertiary alicyclic amines) is 1. The van der Waals surface area contributed by atoms with Gasteiger partial charge in [-0.15, -0.1) is 0 Å². The van der Waals surface area contributed by atoms with Gasteiger partial charge in [0.1, 0.15) is 65.1 Å². The number of H-pyrrole nitrogens is 2. The molecule has 0 radical (unpaired) electrons. The van der Waals surface area contributed by atoms with Crippen LogP contribution in [-0.4, -0.2) is 164 Å². The number of hydrogen-bond donors (Lipinski definition) is 11. The first-order chi connectivity index (χ1) is 47.6. The third-order valence-corrected chi connectivity index (χ3v) is 21.9. The van der Waals surface area contributed by atoms with E-state index in [1.165, 1.54) is 76.6 Å². The number of methoxy groups -OCH3 is 1. The van der Waals surface area contributed by atoms with Gasteiger partial charge in [-0.1, -0.05) is 63.6 Å². The molecular weight excluding hydrogens is 1330 g/mol. The highest BCUT2D eigenvalue weighted by molar-refractivity contribution is 7.98. The fraction of sp³-hybridized carbons (Fsp3) is 0.500. The third-order valence-electron chi connectivity index (χ3n) is 19.8. The number of carbonyl (C=O) groups is 10. The highest BCUT2D eigenvalue weighted by Crippen LogP contribution is 2.57. The summed E-state index contributed by atoms with van der Waals surface area (Å²) >= 11 is 2.88.